The number of alkyl carbamates (subject to hydrolysis) is 1. The van der Waals surface area contributed by atoms with Crippen molar-refractivity contribution in [2.24, 2.45) is 0 Å². The van der Waals surface area contributed by atoms with Crippen LogP contribution in [0.5, 0.6) is 0 Å². The number of benzene rings is 1. The molecule has 0 spiro atoms. The van der Waals surface area contributed by atoms with E-state index in [0.717, 1.165) is 11.1 Å². The lowest BCUT2D eigenvalue weighted by Crippen LogP contribution is -2.55. The van der Waals surface area contributed by atoms with Crippen molar-refractivity contribution >= 4 is 23.9 Å². The van der Waals surface area contributed by atoms with Gasteiger partial charge in [-0.3, -0.25) is 14.4 Å². The van der Waals surface area contributed by atoms with Gasteiger partial charge in [0.1, 0.15) is 18.2 Å². The van der Waals surface area contributed by atoms with E-state index in [1.807, 2.05) is 52.8 Å². The second kappa shape index (κ2) is 12.6. The van der Waals surface area contributed by atoms with Crippen LogP contribution >= 0.6 is 0 Å². The van der Waals surface area contributed by atoms with Gasteiger partial charge in [-0.1, -0.05) is 23.8 Å². The first-order chi connectivity index (χ1) is 16.1. The van der Waals surface area contributed by atoms with Crippen LogP contribution in [0.1, 0.15) is 77.6 Å². The van der Waals surface area contributed by atoms with Crippen LogP contribution in [0.25, 0.3) is 0 Å². The molecule has 0 bridgehead atoms. The molecule has 196 valence electrons. The van der Waals surface area contributed by atoms with Gasteiger partial charge in [0.15, 0.2) is 0 Å². The van der Waals surface area contributed by atoms with Gasteiger partial charge in [-0.15, -0.1) is 0 Å². The molecular formula is C26H41N3O6. The van der Waals surface area contributed by atoms with E-state index >= 15 is 0 Å². The summed E-state index contributed by atoms with van der Waals surface area (Å²) in [4.78, 5) is 52.3. The van der Waals surface area contributed by atoms with Crippen molar-refractivity contribution in [2.45, 2.75) is 85.9 Å². The Kier molecular flexibility index (Phi) is 10.7. The molecule has 0 heterocycles. The topological polar surface area (TPSA) is 114 Å². The molecule has 0 aromatic heterocycles. The highest BCUT2D eigenvalue weighted by Gasteiger charge is 2.39. The maximum absolute atomic E-state index is 13.5. The van der Waals surface area contributed by atoms with Crippen LogP contribution in [0, 0.1) is 13.8 Å². The van der Waals surface area contributed by atoms with E-state index < -0.39 is 41.1 Å². The number of nitrogens with one attached hydrogen (secondary N) is 2. The summed E-state index contributed by atoms with van der Waals surface area (Å²) in [7, 11) is 0. The lowest BCUT2D eigenvalue weighted by molar-refractivity contribution is -0.146. The summed E-state index contributed by atoms with van der Waals surface area (Å²) >= 11 is 0. The van der Waals surface area contributed by atoms with E-state index in [9.17, 15) is 19.2 Å². The first kappa shape index (κ1) is 29.9. The molecular weight excluding hydrogens is 450 g/mol. The Hall–Kier alpha value is -3.10. The lowest BCUT2D eigenvalue weighted by Gasteiger charge is -2.42. The van der Waals surface area contributed by atoms with Crippen molar-refractivity contribution in [3.8, 4) is 0 Å². The van der Waals surface area contributed by atoms with Crippen LogP contribution in [0.3, 0.4) is 0 Å². The molecule has 35 heavy (non-hydrogen) atoms. The number of aryl methyl sites for hydroxylation is 2. The normalized spacial score (nSPS) is 12.4. The summed E-state index contributed by atoms with van der Waals surface area (Å²) in [6.45, 7) is 16.1. The largest absolute Gasteiger partial charge is 0.466 e. The van der Waals surface area contributed by atoms with Crippen LogP contribution in [0.4, 0.5) is 4.79 Å². The average Bonchev–Trinajstić information content (AvgIpc) is 2.70. The molecule has 2 N–H and O–H groups in total. The number of carbonyl (C=O) groups excluding carboxylic acids is 4. The minimum atomic E-state index is -0.981. The first-order valence-electron chi connectivity index (χ1n) is 11.9. The number of amides is 3. The summed E-state index contributed by atoms with van der Waals surface area (Å²) in [5.41, 5.74) is 0.952. The van der Waals surface area contributed by atoms with Gasteiger partial charge >= 0.3 is 12.1 Å². The summed E-state index contributed by atoms with van der Waals surface area (Å²) in [5, 5.41) is 5.26. The fraction of sp³-hybridized carbons (Fsp3) is 0.615. The Morgan fingerprint density at radius 1 is 1.00 bits per heavy atom. The monoisotopic (exact) mass is 491 g/mol. The number of ether oxygens (including phenoxy) is 2. The third-order valence-electron chi connectivity index (χ3n) is 4.94. The second-order valence-electron chi connectivity index (χ2n) is 10.4. The van der Waals surface area contributed by atoms with Crippen LogP contribution in [-0.2, 0) is 23.9 Å². The van der Waals surface area contributed by atoms with Crippen molar-refractivity contribution in [1.29, 1.82) is 0 Å². The number of carbonyl (C=O) groups is 4. The zero-order valence-electron chi connectivity index (χ0n) is 22.5. The smallest absolute Gasteiger partial charge is 0.408 e. The maximum Gasteiger partial charge on any atom is 0.408 e. The Morgan fingerprint density at radius 2 is 1.63 bits per heavy atom. The zero-order valence-corrected chi connectivity index (χ0v) is 22.5. The molecule has 9 nitrogen and oxygen atoms in total. The Labute approximate surface area is 208 Å². The molecule has 0 saturated carbocycles. The van der Waals surface area contributed by atoms with Gasteiger partial charge in [0, 0.05) is 12.1 Å². The number of hydrogen-bond donors (Lipinski definition) is 2. The van der Waals surface area contributed by atoms with Gasteiger partial charge < -0.3 is 25.0 Å². The van der Waals surface area contributed by atoms with Crippen LogP contribution < -0.4 is 10.6 Å². The van der Waals surface area contributed by atoms with E-state index in [4.69, 9.17) is 9.47 Å². The fourth-order valence-electron chi connectivity index (χ4n) is 3.52. The Morgan fingerprint density at radius 3 is 2.17 bits per heavy atom. The standard InChI is InChI=1S/C26H41N3O6/c1-10-34-21(31)13-14-27-23(32)22(19-15-17(2)11-12-18(19)3)29(25(4,5)6)20(30)16-28-24(33)35-26(7,8)9/h11-12,15,22H,10,13-14,16H2,1-9H3,(H,27,32)(H,28,33). The quantitative estimate of drug-likeness (QED) is 0.511. The zero-order chi connectivity index (χ0) is 27.0. The predicted octanol–water partition coefficient (Wildman–Crippen LogP) is 3.57. The number of hydrogen-bond acceptors (Lipinski definition) is 6. The van der Waals surface area contributed by atoms with Gasteiger partial charge in [-0.2, -0.15) is 0 Å². The van der Waals surface area contributed by atoms with Gasteiger partial charge in [0.05, 0.1) is 13.0 Å². The van der Waals surface area contributed by atoms with Crippen molar-refractivity contribution in [2.75, 3.05) is 19.7 Å². The van der Waals surface area contributed by atoms with Crippen molar-refractivity contribution in [1.82, 2.24) is 15.5 Å². The van der Waals surface area contributed by atoms with Crippen LogP contribution in [0.2, 0.25) is 0 Å². The lowest BCUT2D eigenvalue weighted by atomic mass is 9.92. The van der Waals surface area contributed by atoms with Crippen molar-refractivity contribution in [3.63, 3.8) is 0 Å². The molecule has 3 amide bonds. The molecule has 0 aliphatic heterocycles. The SMILES string of the molecule is CCOC(=O)CCNC(=O)C(c1cc(C)ccc1C)N(C(=O)CNC(=O)OC(C)(C)C)C(C)(C)C. The molecule has 9 heteroatoms. The molecule has 0 fully saturated rings. The fourth-order valence-corrected chi connectivity index (χ4v) is 3.52. The van der Waals surface area contributed by atoms with Gasteiger partial charge in [-0.05, 0) is 73.4 Å². The molecule has 0 saturated heterocycles. The number of rotatable bonds is 9. The highest BCUT2D eigenvalue weighted by atomic mass is 16.6. The van der Waals surface area contributed by atoms with Crippen molar-refractivity contribution in [3.05, 3.63) is 34.9 Å². The first-order valence-corrected chi connectivity index (χ1v) is 11.9. The van der Waals surface area contributed by atoms with Crippen molar-refractivity contribution < 1.29 is 28.7 Å². The molecule has 1 unspecified atom stereocenters. The molecule has 0 aliphatic rings. The van der Waals surface area contributed by atoms with E-state index in [2.05, 4.69) is 10.6 Å². The number of nitrogens with zero attached hydrogens (tertiary/aromatic N) is 1. The highest BCUT2D eigenvalue weighted by Crippen LogP contribution is 2.31. The van der Waals surface area contributed by atoms with Gasteiger partial charge in [0.25, 0.3) is 0 Å². The third kappa shape index (κ3) is 9.96. The third-order valence-corrected chi connectivity index (χ3v) is 4.94. The molecule has 1 atom stereocenters. The van der Waals surface area contributed by atoms with Crippen LogP contribution in [0.15, 0.2) is 18.2 Å². The van der Waals surface area contributed by atoms with Gasteiger partial charge in [-0.25, -0.2) is 4.79 Å². The molecule has 0 aliphatic carbocycles. The van der Waals surface area contributed by atoms with E-state index in [0.29, 0.717) is 5.56 Å². The van der Waals surface area contributed by atoms with Gasteiger partial charge in [0.2, 0.25) is 11.8 Å². The summed E-state index contributed by atoms with van der Waals surface area (Å²) in [5.74, 6) is -1.29. The Balaban J connectivity index is 3.29. The molecule has 0 radical (unpaired) electrons. The minimum Gasteiger partial charge on any atom is -0.466 e. The van der Waals surface area contributed by atoms with Crippen LogP contribution in [-0.4, -0.2) is 59.6 Å². The Bertz CT molecular complexity index is 915. The summed E-state index contributed by atoms with van der Waals surface area (Å²) in [6, 6.07) is 4.72. The van der Waals surface area contributed by atoms with E-state index in [1.165, 1.54) is 4.90 Å². The average molecular weight is 492 g/mol. The summed E-state index contributed by atoms with van der Waals surface area (Å²) < 4.78 is 10.2. The van der Waals surface area contributed by atoms with E-state index in [1.54, 1.807) is 27.7 Å². The predicted molar refractivity (Wildman–Crippen MR) is 134 cm³/mol. The molecule has 1 aromatic rings. The molecule has 1 aromatic carbocycles. The second-order valence-corrected chi connectivity index (χ2v) is 10.4. The maximum atomic E-state index is 13.5. The highest BCUT2D eigenvalue weighted by molar-refractivity contribution is 5.91. The summed E-state index contributed by atoms with van der Waals surface area (Å²) in [6.07, 6.45) is -0.704. The van der Waals surface area contributed by atoms with E-state index in [-0.39, 0.29) is 26.1 Å². The molecule has 1 rings (SSSR count). The number of esters is 1. The minimum absolute atomic E-state index is 0.0166.